The number of carbonyl (C=O) groups excluding carboxylic acids is 1. The van der Waals surface area contributed by atoms with Crippen molar-refractivity contribution in [2.24, 2.45) is 0 Å². The number of nitrogens with zero attached hydrogens (tertiary/aromatic N) is 3. The van der Waals surface area contributed by atoms with E-state index in [4.69, 9.17) is 37.2 Å². The molecule has 0 aliphatic heterocycles. The van der Waals surface area contributed by atoms with Gasteiger partial charge < -0.3 is 19.1 Å². The molecule has 0 spiro atoms. The van der Waals surface area contributed by atoms with Crippen molar-refractivity contribution in [3.8, 4) is 17.0 Å². The molecular weight excluding hydrogens is 517 g/mol. The van der Waals surface area contributed by atoms with Crippen molar-refractivity contribution in [3.63, 3.8) is 0 Å². The number of rotatable bonds is 10. The SMILES string of the molecule is COC(=O)c1ccc(O)c2nc(CCCCOCc3c(-c4c(Cl)cncc4Cl)noc3C3CC3)ccc12. The van der Waals surface area contributed by atoms with Crippen molar-refractivity contribution >= 4 is 40.1 Å². The lowest BCUT2D eigenvalue weighted by Crippen LogP contribution is -2.03. The molecule has 37 heavy (non-hydrogen) atoms. The first-order valence-corrected chi connectivity index (χ1v) is 12.8. The van der Waals surface area contributed by atoms with Crippen molar-refractivity contribution in [1.82, 2.24) is 15.1 Å². The molecule has 1 aromatic carbocycles. The molecule has 1 saturated carbocycles. The molecule has 1 aliphatic rings. The maximum absolute atomic E-state index is 12.0. The van der Waals surface area contributed by atoms with Gasteiger partial charge in [-0.05, 0) is 56.4 Å². The van der Waals surface area contributed by atoms with E-state index in [0.29, 0.717) is 63.3 Å². The average molecular weight is 542 g/mol. The van der Waals surface area contributed by atoms with Gasteiger partial charge in [-0.2, -0.15) is 0 Å². The minimum Gasteiger partial charge on any atom is -0.506 e. The minimum absolute atomic E-state index is 0.0261. The van der Waals surface area contributed by atoms with Crippen LogP contribution in [0.15, 0.2) is 41.2 Å². The van der Waals surface area contributed by atoms with Gasteiger partial charge in [-0.15, -0.1) is 0 Å². The van der Waals surface area contributed by atoms with Crippen LogP contribution in [0.2, 0.25) is 10.0 Å². The van der Waals surface area contributed by atoms with Gasteiger partial charge in [0.1, 0.15) is 22.7 Å². The maximum Gasteiger partial charge on any atom is 0.338 e. The first-order chi connectivity index (χ1) is 18.0. The number of phenols is 1. The van der Waals surface area contributed by atoms with E-state index in [0.717, 1.165) is 42.7 Å². The Bertz CT molecular complexity index is 1430. The number of unbranched alkanes of at least 4 members (excludes halogenated alkanes) is 1. The van der Waals surface area contributed by atoms with E-state index in [1.807, 2.05) is 6.07 Å². The summed E-state index contributed by atoms with van der Waals surface area (Å²) in [6.45, 7) is 0.885. The highest BCUT2D eigenvalue weighted by atomic mass is 35.5. The normalized spacial score (nSPS) is 13.3. The van der Waals surface area contributed by atoms with E-state index >= 15 is 0 Å². The van der Waals surface area contributed by atoms with Crippen LogP contribution in [0.3, 0.4) is 0 Å². The highest BCUT2D eigenvalue weighted by Crippen LogP contribution is 2.45. The number of methoxy groups -OCH3 is 1. The fourth-order valence-electron chi connectivity index (χ4n) is 4.32. The number of hydrogen-bond donors (Lipinski definition) is 1. The Labute approximate surface area is 223 Å². The van der Waals surface area contributed by atoms with Gasteiger partial charge in [0.25, 0.3) is 0 Å². The Morgan fingerprint density at radius 3 is 2.65 bits per heavy atom. The van der Waals surface area contributed by atoms with Crippen LogP contribution in [-0.2, 0) is 22.5 Å². The molecule has 0 radical (unpaired) electrons. The summed E-state index contributed by atoms with van der Waals surface area (Å²) in [4.78, 5) is 20.6. The quantitative estimate of drug-likeness (QED) is 0.179. The van der Waals surface area contributed by atoms with Crippen LogP contribution in [0, 0.1) is 0 Å². The van der Waals surface area contributed by atoms with Crippen LogP contribution in [0.25, 0.3) is 22.2 Å². The van der Waals surface area contributed by atoms with Crippen LogP contribution in [0.5, 0.6) is 5.75 Å². The van der Waals surface area contributed by atoms with Gasteiger partial charge in [0.15, 0.2) is 0 Å². The third-order valence-electron chi connectivity index (χ3n) is 6.37. The summed E-state index contributed by atoms with van der Waals surface area (Å²) in [6.07, 6.45) is 7.55. The van der Waals surface area contributed by atoms with Gasteiger partial charge in [0, 0.05) is 47.1 Å². The topological polar surface area (TPSA) is 108 Å². The number of aromatic hydroxyl groups is 1. The number of fused-ring (bicyclic) bond motifs is 1. The second-order valence-corrected chi connectivity index (χ2v) is 9.77. The van der Waals surface area contributed by atoms with Crippen molar-refractivity contribution in [3.05, 3.63) is 69.3 Å². The summed E-state index contributed by atoms with van der Waals surface area (Å²) < 4.78 is 16.5. The third-order valence-corrected chi connectivity index (χ3v) is 6.95. The molecule has 1 aliphatic carbocycles. The predicted molar refractivity (Wildman–Crippen MR) is 139 cm³/mol. The van der Waals surface area contributed by atoms with Gasteiger partial charge >= 0.3 is 5.97 Å². The molecule has 3 aromatic heterocycles. The molecule has 0 bridgehead atoms. The molecule has 3 heterocycles. The smallest absolute Gasteiger partial charge is 0.338 e. The zero-order chi connectivity index (χ0) is 25.9. The first-order valence-electron chi connectivity index (χ1n) is 12.0. The fraction of sp³-hybridized carbons (Fsp3) is 0.333. The van der Waals surface area contributed by atoms with Crippen LogP contribution < -0.4 is 0 Å². The standard InChI is InChI=1S/C27H25Cl2N3O5/c1-35-27(34)18-9-10-22(33)24-17(18)8-7-16(31-24)4-2-3-11-36-14-19-25(32-37-26(19)15-5-6-15)23-20(28)12-30-13-21(23)29/h7-10,12-13,15,33H,2-6,11,14H2,1H3. The number of phenolic OH excluding ortho intramolecular Hbond substituents is 1. The molecular formula is C27H25Cl2N3O5. The lowest BCUT2D eigenvalue weighted by molar-refractivity contribution is 0.0603. The van der Waals surface area contributed by atoms with Gasteiger partial charge in [0.05, 0.1) is 29.3 Å². The lowest BCUT2D eigenvalue weighted by atomic mass is 10.1. The van der Waals surface area contributed by atoms with E-state index < -0.39 is 5.97 Å². The summed E-state index contributed by atoms with van der Waals surface area (Å²) in [7, 11) is 1.32. The van der Waals surface area contributed by atoms with E-state index in [1.54, 1.807) is 6.07 Å². The Morgan fingerprint density at radius 2 is 1.92 bits per heavy atom. The van der Waals surface area contributed by atoms with Crippen molar-refractivity contribution in [2.75, 3.05) is 13.7 Å². The number of aromatic nitrogens is 3. The highest BCUT2D eigenvalue weighted by Gasteiger charge is 2.33. The second kappa shape index (κ2) is 11.0. The summed E-state index contributed by atoms with van der Waals surface area (Å²) in [6, 6.07) is 6.65. The Balaban J connectivity index is 1.20. The summed E-state index contributed by atoms with van der Waals surface area (Å²) in [5.41, 5.74) is 3.67. The first kappa shape index (κ1) is 25.4. The number of hydrogen-bond acceptors (Lipinski definition) is 8. The molecule has 192 valence electrons. The van der Waals surface area contributed by atoms with Gasteiger partial charge in [0.2, 0.25) is 0 Å². The molecule has 5 rings (SSSR count). The zero-order valence-corrected chi connectivity index (χ0v) is 21.7. The number of pyridine rings is 2. The molecule has 0 unspecified atom stereocenters. The molecule has 1 N–H and O–H groups in total. The molecule has 1 fully saturated rings. The van der Waals surface area contributed by atoms with E-state index in [9.17, 15) is 9.90 Å². The van der Waals surface area contributed by atoms with Gasteiger partial charge in [-0.25, -0.2) is 9.78 Å². The summed E-state index contributed by atoms with van der Waals surface area (Å²) in [5.74, 6) is 0.754. The van der Waals surface area contributed by atoms with Crippen molar-refractivity contribution in [1.29, 1.82) is 0 Å². The number of halogens is 2. The van der Waals surface area contributed by atoms with E-state index in [1.165, 1.54) is 31.6 Å². The maximum atomic E-state index is 12.0. The molecule has 0 amide bonds. The highest BCUT2D eigenvalue weighted by molar-refractivity contribution is 6.38. The average Bonchev–Trinajstić information content (AvgIpc) is 3.66. The largest absolute Gasteiger partial charge is 0.506 e. The molecule has 4 aromatic rings. The number of ether oxygens (including phenoxy) is 2. The van der Waals surface area contributed by atoms with E-state index in [-0.39, 0.29) is 5.75 Å². The Hall–Kier alpha value is -3.20. The lowest BCUT2D eigenvalue weighted by Gasteiger charge is -2.09. The van der Waals surface area contributed by atoms with Gasteiger partial charge in [-0.3, -0.25) is 4.98 Å². The van der Waals surface area contributed by atoms with Crippen molar-refractivity contribution in [2.45, 2.75) is 44.6 Å². The van der Waals surface area contributed by atoms with E-state index in [2.05, 4.69) is 15.1 Å². The third kappa shape index (κ3) is 5.42. The monoisotopic (exact) mass is 541 g/mol. The number of benzene rings is 1. The Kier molecular flexibility index (Phi) is 7.60. The minimum atomic E-state index is -0.467. The molecule has 0 atom stereocenters. The molecule has 0 saturated heterocycles. The Morgan fingerprint density at radius 1 is 1.14 bits per heavy atom. The number of aryl methyl sites for hydroxylation is 1. The van der Waals surface area contributed by atoms with Crippen molar-refractivity contribution < 1.29 is 23.9 Å². The fourth-order valence-corrected chi connectivity index (χ4v) is 4.86. The molecule has 10 heteroatoms. The second-order valence-electron chi connectivity index (χ2n) is 8.96. The summed E-state index contributed by atoms with van der Waals surface area (Å²) >= 11 is 12.7. The van der Waals surface area contributed by atoms with Crippen LogP contribution in [0.4, 0.5) is 0 Å². The number of carbonyl (C=O) groups is 1. The predicted octanol–water partition coefficient (Wildman–Crippen LogP) is 6.50. The van der Waals surface area contributed by atoms with Crippen LogP contribution in [0.1, 0.15) is 59.0 Å². The van der Waals surface area contributed by atoms with Crippen LogP contribution >= 0.6 is 23.2 Å². The van der Waals surface area contributed by atoms with Gasteiger partial charge in [-0.1, -0.05) is 28.4 Å². The summed E-state index contributed by atoms with van der Waals surface area (Å²) in [5, 5.41) is 15.9. The zero-order valence-electron chi connectivity index (χ0n) is 20.2. The van der Waals surface area contributed by atoms with Crippen LogP contribution in [-0.4, -0.2) is 39.9 Å². The molecule has 8 nitrogen and oxygen atoms in total. The number of esters is 1.